The van der Waals surface area contributed by atoms with Gasteiger partial charge in [0.2, 0.25) is 0 Å². The Balaban J connectivity index is 1.81. The number of hydrogen-bond donors (Lipinski definition) is 3. The molecule has 2 amide bonds. The summed E-state index contributed by atoms with van der Waals surface area (Å²) in [5.41, 5.74) is 1.48. The van der Waals surface area contributed by atoms with Crippen molar-refractivity contribution in [1.82, 2.24) is 10.2 Å². The van der Waals surface area contributed by atoms with Crippen molar-refractivity contribution in [2.45, 2.75) is 6.92 Å². The first-order chi connectivity index (χ1) is 12.0. The maximum atomic E-state index is 13.7. The molecule has 3 aromatic rings. The first-order valence-electron chi connectivity index (χ1n) is 7.52. The second kappa shape index (κ2) is 6.96. The monoisotopic (exact) mass is 338 g/mol. The number of rotatable bonds is 4. The van der Waals surface area contributed by atoms with Gasteiger partial charge in [-0.3, -0.25) is 14.7 Å². The first-order valence-corrected chi connectivity index (χ1v) is 7.52. The second-order valence-corrected chi connectivity index (χ2v) is 5.39. The molecule has 0 fully saturated rings. The van der Waals surface area contributed by atoms with Gasteiger partial charge in [0.1, 0.15) is 11.6 Å². The second-order valence-electron chi connectivity index (χ2n) is 5.39. The summed E-state index contributed by atoms with van der Waals surface area (Å²) in [6, 6.07) is 12.2. The Morgan fingerprint density at radius 2 is 1.84 bits per heavy atom. The van der Waals surface area contributed by atoms with Crippen molar-refractivity contribution in [3.63, 3.8) is 0 Å². The number of carbonyl (C=O) groups is 2. The Morgan fingerprint density at radius 1 is 1.04 bits per heavy atom. The van der Waals surface area contributed by atoms with E-state index in [1.165, 1.54) is 24.4 Å². The molecule has 0 spiro atoms. The number of benzene rings is 2. The molecule has 0 radical (unpaired) electrons. The molecule has 1 aromatic heterocycles. The van der Waals surface area contributed by atoms with Gasteiger partial charge in [-0.15, -0.1) is 0 Å². The zero-order valence-corrected chi connectivity index (χ0v) is 13.3. The predicted octanol–water partition coefficient (Wildman–Crippen LogP) is 3.36. The Morgan fingerprint density at radius 3 is 2.56 bits per heavy atom. The van der Waals surface area contributed by atoms with E-state index in [0.29, 0.717) is 17.1 Å². The highest BCUT2D eigenvalue weighted by Crippen LogP contribution is 2.19. The number of nitrogens with one attached hydrogen (secondary N) is 3. The van der Waals surface area contributed by atoms with Gasteiger partial charge >= 0.3 is 0 Å². The van der Waals surface area contributed by atoms with E-state index < -0.39 is 11.7 Å². The summed E-state index contributed by atoms with van der Waals surface area (Å²) in [6.07, 6.45) is 1.52. The Hall–Kier alpha value is -3.48. The van der Waals surface area contributed by atoms with Crippen LogP contribution in [0.15, 0.2) is 54.7 Å². The first kappa shape index (κ1) is 16.4. The zero-order valence-electron chi connectivity index (χ0n) is 13.3. The van der Waals surface area contributed by atoms with Crippen LogP contribution in [0.1, 0.15) is 26.3 Å². The van der Waals surface area contributed by atoms with E-state index in [2.05, 4.69) is 20.8 Å². The van der Waals surface area contributed by atoms with Crippen LogP contribution in [0, 0.1) is 12.7 Å². The van der Waals surface area contributed by atoms with E-state index in [0.717, 1.165) is 5.56 Å². The number of hydrogen-bond acceptors (Lipinski definition) is 3. The summed E-state index contributed by atoms with van der Waals surface area (Å²) < 4.78 is 13.7. The summed E-state index contributed by atoms with van der Waals surface area (Å²) in [5.74, 6) is -1.08. The van der Waals surface area contributed by atoms with Crippen LogP contribution >= 0.6 is 0 Å². The van der Waals surface area contributed by atoms with Crippen molar-refractivity contribution in [3.05, 3.63) is 77.2 Å². The number of aryl methyl sites for hydroxylation is 1. The number of carbonyl (C=O) groups excluding carboxylic acids is 2. The lowest BCUT2D eigenvalue weighted by atomic mass is 10.1. The van der Waals surface area contributed by atoms with Crippen molar-refractivity contribution < 1.29 is 14.0 Å². The number of H-pyrrole nitrogens is 1. The number of halogens is 1. The van der Waals surface area contributed by atoms with Gasteiger partial charge < -0.3 is 10.6 Å². The number of anilines is 2. The molecule has 25 heavy (non-hydrogen) atoms. The van der Waals surface area contributed by atoms with E-state index in [4.69, 9.17) is 0 Å². The van der Waals surface area contributed by atoms with Crippen LogP contribution in [0.3, 0.4) is 0 Å². The van der Waals surface area contributed by atoms with Crippen molar-refractivity contribution in [3.8, 4) is 0 Å². The zero-order chi connectivity index (χ0) is 17.8. The average molecular weight is 338 g/mol. The third-order valence-corrected chi connectivity index (χ3v) is 3.62. The summed E-state index contributed by atoms with van der Waals surface area (Å²) in [5, 5.41) is 11.7. The van der Waals surface area contributed by atoms with E-state index in [1.807, 2.05) is 0 Å². The minimum Gasteiger partial charge on any atom is -0.322 e. The highest BCUT2D eigenvalue weighted by Gasteiger charge is 2.14. The molecule has 0 saturated carbocycles. The molecule has 1 heterocycles. The summed E-state index contributed by atoms with van der Waals surface area (Å²) >= 11 is 0. The van der Waals surface area contributed by atoms with Gasteiger partial charge in [0.15, 0.2) is 0 Å². The van der Waals surface area contributed by atoms with Crippen LogP contribution in [-0.4, -0.2) is 22.0 Å². The maximum absolute atomic E-state index is 13.7. The topological polar surface area (TPSA) is 86.9 Å². The number of aromatic nitrogens is 2. The lowest BCUT2D eigenvalue weighted by Gasteiger charge is -2.11. The maximum Gasteiger partial charge on any atom is 0.258 e. The molecule has 0 unspecified atom stereocenters. The van der Waals surface area contributed by atoms with Crippen LogP contribution < -0.4 is 10.6 Å². The SMILES string of the molecule is Cc1ccc(C(=O)Nc2ccn[nH]2)cc1NC(=O)c1ccccc1F. The Kier molecular flexibility index (Phi) is 4.56. The van der Waals surface area contributed by atoms with Gasteiger partial charge in [0.25, 0.3) is 11.8 Å². The highest BCUT2D eigenvalue weighted by atomic mass is 19.1. The third kappa shape index (κ3) is 3.72. The molecule has 0 bridgehead atoms. The molecule has 7 heteroatoms. The fraction of sp³-hybridized carbons (Fsp3) is 0.0556. The Bertz CT molecular complexity index is 923. The van der Waals surface area contributed by atoms with Gasteiger partial charge in [-0.1, -0.05) is 18.2 Å². The summed E-state index contributed by atoms with van der Waals surface area (Å²) in [4.78, 5) is 24.5. The van der Waals surface area contributed by atoms with Gasteiger partial charge in [-0.05, 0) is 36.8 Å². The number of nitrogens with zero attached hydrogens (tertiary/aromatic N) is 1. The van der Waals surface area contributed by atoms with Crippen molar-refractivity contribution in [1.29, 1.82) is 0 Å². The molecule has 0 aliphatic carbocycles. The molecular weight excluding hydrogens is 323 g/mol. The number of amides is 2. The van der Waals surface area contributed by atoms with Gasteiger partial charge in [-0.2, -0.15) is 5.10 Å². The smallest absolute Gasteiger partial charge is 0.258 e. The third-order valence-electron chi connectivity index (χ3n) is 3.62. The minimum atomic E-state index is -0.606. The molecule has 3 rings (SSSR count). The molecule has 126 valence electrons. The van der Waals surface area contributed by atoms with E-state index in [-0.39, 0.29) is 11.5 Å². The van der Waals surface area contributed by atoms with Crippen molar-refractivity contribution >= 4 is 23.3 Å². The van der Waals surface area contributed by atoms with Crippen molar-refractivity contribution in [2.75, 3.05) is 10.6 Å². The fourth-order valence-electron chi connectivity index (χ4n) is 2.25. The average Bonchev–Trinajstić information content (AvgIpc) is 3.10. The molecular formula is C18H15FN4O2. The fourth-order valence-corrected chi connectivity index (χ4v) is 2.25. The lowest BCUT2D eigenvalue weighted by molar-refractivity contribution is 0.101. The quantitative estimate of drug-likeness (QED) is 0.682. The predicted molar refractivity (Wildman–Crippen MR) is 92.1 cm³/mol. The van der Waals surface area contributed by atoms with Crippen LogP contribution in [0.2, 0.25) is 0 Å². The van der Waals surface area contributed by atoms with Crippen LogP contribution in [0.4, 0.5) is 15.9 Å². The van der Waals surface area contributed by atoms with E-state index >= 15 is 0 Å². The minimum absolute atomic E-state index is 0.0609. The lowest BCUT2D eigenvalue weighted by Crippen LogP contribution is -2.16. The van der Waals surface area contributed by atoms with Gasteiger partial charge in [0, 0.05) is 17.3 Å². The van der Waals surface area contributed by atoms with Crippen LogP contribution in [0.25, 0.3) is 0 Å². The van der Waals surface area contributed by atoms with Crippen LogP contribution in [-0.2, 0) is 0 Å². The van der Waals surface area contributed by atoms with E-state index in [1.54, 1.807) is 37.3 Å². The standard InChI is InChI=1S/C18H15FN4O2/c1-11-6-7-12(17(24)22-16-8-9-20-23-16)10-15(11)21-18(25)13-4-2-3-5-14(13)19/h2-10H,1H3,(H,21,25)(H2,20,22,23,24). The van der Waals surface area contributed by atoms with Gasteiger partial charge in [0.05, 0.1) is 11.8 Å². The molecule has 0 aliphatic heterocycles. The Labute approximate surface area is 143 Å². The molecule has 6 nitrogen and oxygen atoms in total. The molecule has 0 saturated heterocycles. The van der Waals surface area contributed by atoms with Gasteiger partial charge in [-0.25, -0.2) is 4.39 Å². The highest BCUT2D eigenvalue weighted by molar-refractivity contribution is 6.07. The normalized spacial score (nSPS) is 10.3. The molecule has 0 aliphatic rings. The molecule has 3 N–H and O–H groups in total. The van der Waals surface area contributed by atoms with E-state index in [9.17, 15) is 14.0 Å². The molecule has 0 atom stereocenters. The summed E-state index contributed by atoms with van der Waals surface area (Å²) in [6.45, 7) is 1.79. The van der Waals surface area contributed by atoms with Crippen molar-refractivity contribution in [2.24, 2.45) is 0 Å². The largest absolute Gasteiger partial charge is 0.322 e. The summed E-state index contributed by atoms with van der Waals surface area (Å²) in [7, 11) is 0. The molecule has 2 aromatic carbocycles. The number of aromatic amines is 1. The van der Waals surface area contributed by atoms with Crippen LogP contribution in [0.5, 0.6) is 0 Å².